The topological polar surface area (TPSA) is 18.5 Å². The maximum absolute atomic E-state index is 5.31. The maximum Gasteiger partial charge on any atom is 0.101 e. The Hall–Kier alpha value is -0.340. The van der Waals surface area contributed by atoms with Gasteiger partial charge in [-0.2, -0.15) is 0 Å². The normalized spacial score (nSPS) is 27.9. The molecule has 0 aromatic carbocycles. The lowest BCUT2D eigenvalue weighted by Crippen LogP contribution is -2.28. The van der Waals surface area contributed by atoms with E-state index in [0.717, 1.165) is 12.2 Å². The van der Waals surface area contributed by atoms with E-state index in [0.29, 0.717) is 13.2 Å². The van der Waals surface area contributed by atoms with Gasteiger partial charge in [0.15, 0.2) is 0 Å². The third-order valence-corrected chi connectivity index (χ3v) is 1.37. The molecule has 0 radical (unpaired) electrons. The average Bonchev–Trinajstić information content (AvgIpc) is 1.90. The Morgan fingerprint density at radius 3 is 2.67 bits per heavy atom. The molecule has 2 nitrogen and oxygen atoms in total. The quantitative estimate of drug-likeness (QED) is 0.490. The zero-order valence-corrected chi connectivity index (χ0v) is 5.72. The van der Waals surface area contributed by atoms with Crippen LogP contribution in [-0.2, 0) is 9.47 Å². The first-order chi connectivity index (χ1) is 4.30. The third-order valence-electron chi connectivity index (χ3n) is 1.37. The van der Waals surface area contributed by atoms with Crippen molar-refractivity contribution in [3.05, 3.63) is 12.2 Å². The summed E-state index contributed by atoms with van der Waals surface area (Å²) >= 11 is 0. The van der Waals surface area contributed by atoms with Gasteiger partial charge in [0, 0.05) is 0 Å². The second-order valence-electron chi connectivity index (χ2n) is 2.28. The lowest BCUT2D eigenvalue weighted by atomic mass is 10.2. The molecule has 0 saturated carbocycles. The minimum Gasteiger partial charge on any atom is -0.376 e. The molecule has 1 atom stereocenters. The van der Waals surface area contributed by atoms with E-state index in [1.165, 1.54) is 0 Å². The second-order valence-corrected chi connectivity index (χ2v) is 2.28. The monoisotopic (exact) mass is 128 g/mol. The molecule has 1 heterocycles. The van der Waals surface area contributed by atoms with Crippen molar-refractivity contribution in [1.82, 2.24) is 0 Å². The van der Waals surface area contributed by atoms with Gasteiger partial charge in [0.2, 0.25) is 0 Å². The molecule has 0 aromatic rings. The Morgan fingerprint density at radius 2 is 2.33 bits per heavy atom. The molecule has 1 unspecified atom stereocenters. The zero-order valence-electron chi connectivity index (χ0n) is 5.72. The highest BCUT2D eigenvalue weighted by molar-refractivity contribution is 4.98. The van der Waals surface area contributed by atoms with Gasteiger partial charge in [0.1, 0.15) is 6.10 Å². The van der Waals surface area contributed by atoms with E-state index in [-0.39, 0.29) is 6.10 Å². The molecule has 0 amide bonds. The molecule has 1 aliphatic heterocycles. The molecule has 52 valence electrons. The van der Waals surface area contributed by atoms with Crippen molar-refractivity contribution in [2.75, 3.05) is 19.8 Å². The Bertz CT molecular complexity index is 103. The first-order valence-electron chi connectivity index (χ1n) is 3.15. The van der Waals surface area contributed by atoms with Gasteiger partial charge in [-0.3, -0.25) is 0 Å². The van der Waals surface area contributed by atoms with E-state index in [4.69, 9.17) is 9.47 Å². The second kappa shape index (κ2) is 2.99. The summed E-state index contributed by atoms with van der Waals surface area (Å²) in [6.45, 7) is 7.84. The summed E-state index contributed by atoms with van der Waals surface area (Å²) < 4.78 is 10.5. The predicted molar refractivity (Wildman–Crippen MR) is 35.4 cm³/mol. The van der Waals surface area contributed by atoms with Crippen molar-refractivity contribution in [2.24, 2.45) is 0 Å². The molecular formula is C7H12O2. The van der Waals surface area contributed by atoms with Crippen LogP contribution in [-0.4, -0.2) is 25.9 Å². The smallest absolute Gasteiger partial charge is 0.101 e. The molecular weight excluding hydrogens is 116 g/mol. The average molecular weight is 128 g/mol. The van der Waals surface area contributed by atoms with Crippen LogP contribution in [0.4, 0.5) is 0 Å². The fourth-order valence-corrected chi connectivity index (χ4v) is 0.772. The number of ether oxygens (including phenoxy) is 2. The summed E-state index contributed by atoms with van der Waals surface area (Å²) in [6, 6.07) is 0. The van der Waals surface area contributed by atoms with Crippen LogP contribution in [0, 0.1) is 0 Å². The van der Waals surface area contributed by atoms with E-state index in [2.05, 4.69) is 6.58 Å². The van der Waals surface area contributed by atoms with Gasteiger partial charge in [-0.15, -0.1) is 0 Å². The predicted octanol–water partition coefficient (Wildman–Crippen LogP) is 0.978. The van der Waals surface area contributed by atoms with Crippen molar-refractivity contribution in [1.29, 1.82) is 0 Å². The van der Waals surface area contributed by atoms with E-state index in [1.54, 1.807) is 0 Å². The number of rotatable bonds is 1. The lowest BCUT2D eigenvalue weighted by Gasteiger charge is -2.22. The van der Waals surface area contributed by atoms with Gasteiger partial charge in [0.05, 0.1) is 19.8 Å². The maximum atomic E-state index is 5.31. The fourth-order valence-electron chi connectivity index (χ4n) is 0.772. The van der Waals surface area contributed by atoms with Gasteiger partial charge in [-0.05, 0) is 12.5 Å². The van der Waals surface area contributed by atoms with E-state index >= 15 is 0 Å². The highest BCUT2D eigenvalue weighted by Crippen LogP contribution is 2.07. The molecule has 1 aliphatic rings. The molecule has 0 N–H and O–H groups in total. The summed E-state index contributed by atoms with van der Waals surface area (Å²) in [4.78, 5) is 0. The summed E-state index contributed by atoms with van der Waals surface area (Å²) in [5.74, 6) is 0. The SMILES string of the molecule is C=C(C)C1COCCO1. The van der Waals surface area contributed by atoms with Crippen LogP contribution in [0.15, 0.2) is 12.2 Å². The first kappa shape index (κ1) is 6.78. The van der Waals surface area contributed by atoms with Gasteiger partial charge < -0.3 is 9.47 Å². The lowest BCUT2D eigenvalue weighted by molar-refractivity contribution is -0.0719. The van der Waals surface area contributed by atoms with Crippen molar-refractivity contribution in [3.63, 3.8) is 0 Å². The van der Waals surface area contributed by atoms with Crippen molar-refractivity contribution in [3.8, 4) is 0 Å². The van der Waals surface area contributed by atoms with Gasteiger partial charge in [-0.25, -0.2) is 0 Å². The summed E-state index contributed by atoms with van der Waals surface area (Å²) in [5.41, 5.74) is 1.05. The molecule has 1 saturated heterocycles. The molecule has 0 bridgehead atoms. The number of hydrogen-bond acceptors (Lipinski definition) is 2. The van der Waals surface area contributed by atoms with Crippen molar-refractivity contribution < 1.29 is 9.47 Å². The largest absolute Gasteiger partial charge is 0.376 e. The highest BCUT2D eigenvalue weighted by Gasteiger charge is 2.13. The first-order valence-corrected chi connectivity index (χ1v) is 3.15. The van der Waals surface area contributed by atoms with Crippen LogP contribution in [0.1, 0.15) is 6.92 Å². The van der Waals surface area contributed by atoms with Crippen LogP contribution in [0.2, 0.25) is 0 Å². The van der Waals surface area contributed by atoms with Crippen LogP contribution in [0.5, 0.6) is 0 Å². The van der Waals surface area contributed by atoms with Crippen molar-refractivity contribution >= 4 is 0 Å². The molecule has 2 heteroatoms. The van der Waals surface area contributed by atoms with Crippen molar-refractivity contribution in [2.45, 2.75) is 13.0 Å². The molecule has 0 aliphatic carbocycles. The Morgan fingerprint density at radius 1 is 1.56 bits per heavy atom. The van der Waals surface area contributed by atoms with Crippen LogP contribution in [0.3, 0.4) is 0 Å². The fraction of sp³-hybridized carbons (Fsp3) is 0.714. The highest BCUT2D eigenvalue weighted by atomic mass is 16.6. The third kappa shape index (κ3) is 1.80. The van der Waals surface area contributed by atoms with Gasteiger partial charge in [-0.1, -0.05) is 6.58 Å². The molecule has 9 heavy (non-hydrogen) atoms. The van der Waals surface area contributed by atoms with Gasteiger partial charge >= 0.3 is 0 Å². The standard InChI is InChI=1S/C7H12O2/c1-6(2)7-5-8-3-4-9-7/h7H,1,3-5H2,2H3. The molecule has 0 spiro atoms. The number of hydrogen-bond donors (Lipinski definition) is 0. The van der Waals surface area contributed by atoms with E-state index < -0.39 is 0 Å². The van der Waals surface area contributed by atoms with E-state index in [1.807, 2.05) is 6.92 Å². The summed E-state index contributed by atoms with van der Waals surface area (Å²) in [7, 11) is 0. The van der Waals surface area contributed by atoms with Crippen LogP contribution < -0.4 is 0 Å². The minimum absolute atomic E-state index is 0.138. The Balaban J connectivity index is 2.31. The van der Waals surface area contributed by atoms with Crippen LogP contribution in [0.25, 0.3) is 0 Å². The zero-order chi connectivity index (χ0) is 6.69. The Labute approximate surface area is 55.5 Å². The van der Waals surface area contributed by atoms with Gasteiger partial charge in [0.25, 0.3) is 0 Å². The minimum atomic E-state index is 0.138. The molecule has 1 rings (SSSR count). The summed E-state index contributed by atoms with van der Waals surface area (Å²) in [6.07, 6.45) is 0.138. The van der Waals surface area contributed by atoms with E-state index in [9.17, 15) is 0 Å². The van der Waals surface area contributed by atoms with Crippen LogP contribution >= 0.6 is 0 Å². The Kier molecular flexibility index (Phi) is 2.25. The molecule has 1 fully saturated rings. The summed E-state index contributed by atoms with van der Waals surface area (Å²) in [5, 5.41) is 0. The molecule has 0 aromatic heterocycles.